The molecule has 1 aliphatic carbocycles. The Bertz CT molecular complexity index is 850. The molecule has 0 aromatic heterocycles. The first-order chi connectivity index (χ1) is 13.7. The lowest BCUT2D eigenvalue weighted by Crippen LogP contribution is -2.33. The van der Waals surface area contributed by atoms with Crippen LogP contribution in [0, 0.1) is 0 Å². The fourth-order valence-corrected chi connectivity index (χ4v) is 4.85. The summed E-state index contributed by atoms with van der Waals surface area (Å²) in [5.74, 6) is -0.140. The molecule has 0 unspecified atom stereocenters. The van der Waals surface area contributed by atoms with Gasteiger partial charge in [0.1, 0.15) is 0 Å². The van der Waals surface area contributed by atoms with Gasteiger partial charge in [-0.2, -0.15) is 0 Å². The van der Waals surface area contributed by atoms with E-state index in [4.69, 9.17) is 4.74 Å². The Morgan fingerprint density at radius 3 is 2.21 bits per heavy atom. The molecule has 0 heterocycles. The number of unbranched alkanes of at least 4 members (excludes halogenated alkanes) is 1. The van der Waals surface area contributed by atoms with Gasteiger partial charge in [-0.05, 0) is 71.0 Å². The van der Waals surface area contributed by atoms with Crippen molar-refractivity contribution in [1.29, 1.82) is 0 Å². The van der Waals surface area contributed by atoms with Crippen LogP contribution >= 0.6 is 11.8 Å². The Labute approximate surface area is 180 Å². The number of esters is 1. The van der Waals surface area contributed by atoms with Gasteiger partial charge in [-0.25, -0.2) is 0 Å². The highest BCUT2D eigenvalue weighted by molar-refractivity contribution is 7.99. The zero-order chi connectivity index (χ0) is 21.1. The predicted molar refractivity (Wildman–Crippen MR) is 122 cm³/mol. The van der Waals surface area contributed by atoms with Crippen molar-refractivity contribution in [2.75, 3.05) is 6.61 Å². The second-order valence-electron chi connectivity index (χ2n) is 9.47. The van der Waals surface area contributed by atoms with Gasteiger partial charge in [-0.15, -0.1) is 0 Å². The average molecular weight is 411 g/mol. The first-order valence-corrected chi connectivity index (χ1v) is 11.6. The van der Waals surface area contributed by atoms with E-state index in [2.05, 4.69) is 65.0 Å². The average Bonchev–Trinajstić information content (AvgIpc) is 2.67. The summed E-state index contributed by atoms with van der Waals surface area (Å²) in [5.41, 5.74) is 4.47. The van der Waals surface area contributed by atoms with Crippen molar-refractivity contribution in [3.63, 3.8) is 0 Å². The summed E-state index contributed by atoms with van der Waals surface area (Å²) in [6.07, 6.45) is 4.77. The number of ether oxygens (including phenoxy) is 1. The second kappa shape index (κ2) is 8.95. The van der Waals surface area contributed by atoms with Crippen LogP contribution in [0.4, 0.5) is 0 Å². The number of benzene rings is 2. The maximum atomic E-state index is 11.9. The molecular formula is C26H34O2S. The van der Waals surface area contributed by atoms with Crippen LogP contribution in [0.3, 0.4) is 0 Å². The molecule has 0 saturated heterocycles. The van der Waals surface area contributed by atoms with E-state index in [1.54, 1.807) is 11.8 Å². The summed E-state index contributed by atoms with van der Waals surface area (Å²) in [7, 11) is 0. The predicted octanol–water partition coefficient (Wildman–Crippen LogP) is 7.07. The highest BCUT2D eigenvalue weighted by atomic mass is 32.2. The Morgan fingerprint density at radius 2 is 1.55 bits per heavy atom. The van der Waals surface area contributed by atoms with E-state index in [0.717, 1.165) is 18.4 Å². The molecule has 3 heteroatoms. The van der Waals surface area contributed by atoms with E-state index in [0.29, 0.717) is 13.0 Å². The minimum absolute atomic E-state index is 0.140. The zero-order valence-corrected chi connectivity index (χ0v) is 19.3. The molecule has 0 saturated carbocycles. The SMILES string of the molecule is CCCCOC(=O)Cc1ccc(Sc2ccc3c(c2)C(C)(C)CCC3(C)C)cc1. The number of carbonyl (C=O) groups is 1. The molecule has 2 nitrogen and oxygen atoms in total. The summed E-state index contributed by atoms with van der Waals surface area (Å²) in [6, 6.07) is 15.3. The highest BCUT2D eigenvalue weighted by Gasteiger charge is 2.36. The maximum absolute atomic E-state index is 11.9. The topological polar surface area (TPSA) is 26.3 Å². The molecule has 0 aliphatic heterocycles. The Kier molecular flexibility index (Phi) is 6.78. The first kappa shape index (κ1) is 22.0. The summed E-state index contributed by atoms with van der Waals surface area (Å²) in [5, 5.41) is 0. The van der Waals surface area contributed by atoms with Crippen LogP contribution in [-0.4, -0.2) is 12.6 Å². The molecule has 0 spiro atoms. The lowest BCUT2D eigenvalue weighted by molar-refractivity contribution is -0.142. The number of hydrogen-bond donors (Lipinski definition) is 0. The van der Waals surface area contributed by atoms with Crippen LogP contribution < -0.4 is 0 Å². The number of hydrogen-bond acceptors (Lipinski definition) is 3. The smallest absolute Gasteiger partial charge is 0.310 e. The van der Waals surface area contributed by atoms with E-state index >= 15 is 0 Å². The third-order valence-corrected chi connectivity index (χ3v) is 7.09. The molecule has 29 heavy (non-hydrogen) atoms. The molecule has 3 rings (SSSR count). The van der Waals surface area contributed by atoms with Gasteiger partial charge in [0.2, 0.25) is 0 Å². The summed E-state index contributed by atoms with van der Waals surface area (Å²) >= 11 is 1.79. The van der Waals surface area contributed by atoms with Crippen LogP contribution in [0.25, 0.3) is 0 Å². The zero-order valence-electron chi connectivity index (χ0n) is 18.5. The fourth-order valence-electron chi connectivity index (χ4n) is 3.99. The molecular weight excluding hydrogens is 376 g/mol. The quantitative estimate of drug-likeness (QED) is 0.360. The molecule has 1 aliphatic rings. The molecule has 0 N–H and O–H groups in total. The van der Waals surface area contributed by atoms with Gasteiger partial charge >= 0.3 is 5.97 Å². The van der Waals surface area contributed by atoms with E-state index in [9.17, 15) is 4.79 Å². The largest absolute Gasteiger partial charge is 0.465 e. The normalized spacial score (nSPS) is 16.9. The highest BCUT2D eigenvalue weighted by Crippen LogP contribution is 2.47. The molecule has 0 atom stereocenters. The second-order valence-corrected chi connectivity index (χ2v) is 10.6. The first-order valence-electron chi connectivity index (χ1n) is 10.8. The molecule has 0 fully saturated rings. The van der Waals surface area contributed by atoms with Crippen molar-refractivity contribution in [2.24, 2.45) is 0 Å². The summed E-state index contributed by atoms with van der Waals surface area (Å²) < 4.78 is 5.26. The van der Waals surface area contributed by atoms with Crippen molar-refractivity contribution in [3.05, 3.63) is 59.2 Å². The van der Waals surface area contributed by atoms with E-state index in [-0.39, 0.29) is 16.8 Å². The maximum Gasteiger partial charge on any atom is 0.310 e. The molecule has 156 valence electrons. The standard InChI is InChI=1S/C26H34O2S/c1-6-7-16-28-24(27)17-19-8-10-20(11-9-19)29-21-12-13-22-23(18-21)26(4,5)15-14-25(22,2)3/h8-13,18H,6-7,14-17H2,1-5H3. The summed E-state index contributed by atoms with van der Waals surface area (Å²) in [4.78, 5) is 14.4. The lowest BCUT2D eigenvalue weighted by atomic mass is 9.63. The molecule has 0 radical (unpaired) electrons. The Balaban J connectivity index is 1.69. The van der Waals surface area contributed by atoms with Crippen LogP contribution in [0.1, 0.15) is 77.0 Å². The van der Waals surface area contributed by atoms with Gasteiger partial charge in [0.25, 0.3) is 0 Å². The van der Waals surface area contributed by atoms with E-state index < -0.39 is 0 Å². The Hall–Kier alpha value is -1.74. The molecule has 0 bridgehead atoms. The van der Waals surface area contributed by atoms with Crippen LogP contribution in [0.5, 0.6) is 0 Å². The molecule has 2 aromatic rings. The van der Waals surface area contributed by atoms with Crippen molar-refractivity contribution in [3.8, 4) is 0 Å². The lowest BCUT2D eigenvalue weighted by Gasteiger charge is -2.42. The van der Waals surface area contributed by atoms with Gasteiger partial charge in [0.05, 0.1) is 13.0 Å². The molecule has 2 aromatic carbocycles. The minimum Gasteiger partial charge on any atom is -0.465 e. The van der Waals surface area contributed by atoms with Crippen molar-refractivity contribution < 1.29 is 9.53 Å². The fraction of sp³-hybridized carbons (Fsp3) is 0.500. The third kappa shape index (κ3) is 5.45. The van der Waals surface area contributed by atoms with Crippen molar-refractivity contribution in [2.45, 2.75) is 87.3 Å². The number of rotatable bonds is 7. The van der Waals surface area contributed by atoms with Crippen molar-refractivity contribution >= 4 is 17.7 Å². The Morgan fingerprint density at radius 1 is 0.931 bits per heavy atom. The van der Waals surface area contributed by atoms with Gasteiger partial charge in [0.15, 0.2) is 0 Å². The minimum atomic E-state index is -0.140. The monoisotopic (exact) mass is 410 g/mol. The van der Waals surface area contributed by atoms with Gasteiger partial charge in [0, 0.05) is 9.79 Å². The van der Waals surface area contributed by atoms with Crippen LogP contribution in [0.15, 0.2) is 52.3 Å². The molecule has 0 amide bonds. The number of carbonyl (C=O) groups excluding carboxylic acids is 1. The van der Waals surface area contributed by atoms with Gasteiger partial charge in [-0.1, -0.05) is 71.0 Å². The van der Waals surface area contributed by atoms with E-state index in [1.165, 1.54) is 33.8 Å². The number of fused-ring (bicyclic) bond motifs is 1. The van der Waals surface area contributed by atoms with Crippen LogP contribution in [0.2, 0.25) is 0 Å². The van der Waals surface area contributed by atoms with E-state index in [1.807, 2.05) is 12.1 Å². The third-order valence-electron chi connectivity index (χ3n) is 6.09. The van der Waals surface area contributed by atoms with Crippen molar-refractivity contribution in [1.82, 2.24) is 0 Å². The van der Waals surface area contributed by atoms with Crippen LogP contribution in [-0.2, 0) is 26.8 Å². The summed E-state index contributed by atoms with van der Waals surface area (Å²) in [6.45, 7) is 12.1. The van der Waals surface area contributed by atoms with Gasteiger partial charge in [-0.3, -0.25) is 4.79 Å². The van der Waals surface area contributed by atoms with Gasteiger partial charge < -0.3 is 4.74 Å².